The molecule has 0 aromatic heterocycles. The summed E-state index contributed by atoms with van der Waals surface area (Å²) in [5.74, 6) is -8.26. The molecule has 0 saturated carbocycles. The van der Waals surface area contributed by atoms with Crippen molar-refractivity contribution in [1.82, 2.24) is 56.6 Å². The molecule has 4 heterocycles. The van der Waals surface area contributed by atoms with Gasteiger partial charge in [-0.1, -0.05) is 0 Å². The third-order valence-corrected chi connectivity index (χ3v) is 16.7. The fraction of sp³-hybridized carbons (Fsp3) is 0.654. The van der Waals surface area contributed by atoms with Gasteiger partial charge in [0.15, 0.2) is 5.78 Å². The number of ketones is 1. The number of guanidine groups is 1. The van der Waals surface area contributed by atoms with Gasteiger partial charge in [0.25, 0.3) is 10.0 Å². The van der Waals surface area contributed by atoms with E-state index in [-0.39, 0.29) is 43.9 Å². The summed E-state index contributed by atoms with van der Waals surface area (Å²) in [6, 6.07) is -9.35. The minimum absolute atomic E-state index is 0.0306. The molecule has 0 radical (unpaired) electrons. The van der Waals surface area contributed by atoms with Crippen LogP contribution in [0, 0.1) is 26.2 Å². The molecule has 3 fully saturated rings. The van der Waals surface area contributed by atoms with Crippen molar-refractivity contribution in [3.8, 4) is 5.75 Å². The number of Topliss-reactive ketones (excluding diaryl/α,β-unsaturated/α-hetero) is 1. The lowest BCUT2D eigenvalue weighted by Crippen LogP contribution is -2.57. The number of fused-ring (bicyclic) bond motifs is 1. The fourth-order valence-electron chi connectivity index (χ4n) is 10.4. The van der Waals surface area contributed by atoms with E-state index in [0.717, 1.165) is 12.5 Å². The van der Waals surface area contributed by atoms with Crippen LogP contribution in [0.2, 0.25) is 0 Å². The summed E-state index contributed by atoms with van der Waals surface area (Å²) in [4.78, 5) is 146. The minimum Gasteiger partial charge on any atom is -0.487 e. The van der Waals surface area contributed by atoms with Crippen molar-refractivity contribution in [3.05, 3.63) is 22.3 Å². The topological polar surface area (TPSA) is 407 Å². The van der Waals surface area contributed by atoms with Crippen LogP contribution in [0.1, 0.15) is 122 Å². The lowest BCUT2D eigenvalue weighted by molar-refractivity contribution is -0.153. The van der Waals surface area contributed by atoms with E-state index < -0.39 is 148 Å². The van der Waals surface area contributed by atoms with Crippen molar-refractivity contribution < 1.29 is 71.0 Å². The molecule has 0 bridgehead atoms. The van der Waals surface area contributed by atoms with Crippen molar-refractivity contribution in [3.63, 3.8) is 0 Å². The molecule has 81 heavy (non-hydrogen) atoms. The number of benzene rings is 1. The number of amides is 9. The zero-order chi connectivity index (χ0) is 60.4. The van der Waals surface area contributed by atoms with Crippen LogP contribution in [0.4, 0.5) is 0 Å². The summed E-state index contributed by atoms with van der Waals surface area (Å²) in [6.07, 6.45) is 3.75. The molecule has 0 unspecified atom stereocenters. The van der Waals surface area contributed by atoms with Crippen LogP contribution >= 0.6 is 0 Å². The van der Waals surface area contributed by atoms with Gasteiger partial charge in [0.2, 0.25) is 59.1 Å². The maximum absolute atomic E-state index is 13.9. The van der Waals surface area contributed by atoms with Gasteiger partial charge < -0.3 is 67.5 Å². The summed E-state index contributed by atoms with van der Waals surface area (Å²) in [5.41, 5.74) is 7.71. The largest absolute Gasteiger partial charge is 0.487 e. The standard InChI is InChI=1S/C52H79N13O15S/c1-26-27(2)42(28(3)33-18-19-52(8,9)80-41(26)33)81(78,79)62-51(54)55-20-10-14-34(61-46(72)40(53)32(7)66)45(71)59-29(4)43(69)57-24-38(67)56-25-39(68)58-30(5)44(70)60-31(6)47(73)63-21-11-15-35(63)48(74)64-22-12-16-36(64)49(75)65-23-13-17-37(65)50(76)77/h29-31,34-37,40H,10-25,53H2,1-9H3,(H,56,67)(H,57,69)(H,58,68)(H,59,71)(H,60,70)(H,61,72)(H,76,77)(H3,54,55,62)/t29-,30-,31-,34-,35-,36-,37-,40-/m0/s1. The van der Waals surface area contributed by atoms with Gasteiger partial charge in [-0.15, -0.1) is 0 Å². The van der Waals surface area contributed by atoms with Crippen LogP contribution in [-0.4, -0.2) is 192 Å². The molecule has 4 aliphatic heterocycles. The summed E-state index contributed by atoms with van der Waals surface area (Å²) in [7, 11) is -4.26. The molecule has 1 aromatic carbocycles. The summed E-state index contributed by atoms with van der Waals surface area (Å²) in [5, 5.41) is 34.9. The van der Waals surface area contributed by atoms with Gasteiger partial charge in [0, 0.05) is 26.2 Å². The first-order valence-electron chi connectivity index (χ1n) is 27.2. The Morgan fingerprint density at radius 2 is 1.23 bits per heavy atom. The molecule has 5 rings (SSSR count). The molecule has 9 amide bonds. The SMILES string of the molecule is CC(=O)[C@H](N)C(=O)N[C@@H](CCCNC(=N)NS(=O)(=O)c1c(C)c(C)c2c(c1C)CCC(C)(C)O2)C(=O)N[C@@H](C)C(=O)NCC(=O)NCC(=O)N[C@@H](C)C(=O)N[C@@H](C)C(=O)N1CCC[C@H]1C(=O)N1CCC[C@H]1C(=O)N1CCC[C@H]1C(=O)O. The van der Waals surface area contributed by atoms with Crippen molar-refractivity contribution in [2.75, 3.05) is 39.3 Å². The number of carbonyl (C=O) groups excluding carboxylic acids is 10. The zero-order valence-electron chi connectivity index (χ0n) is 47.4. The first kappa shape index (κ1) is 64.4. The van der Waals surface area contributed by atoms with E-state index in [0.29, 0.717) is 73.8 Å². The molecule has 29 heteroatoms. The van der Waals surface area contributed by atoms with Crippen LogP contribution in [0.3, 0.4) is 0 Å². The Labute approximate surface area is 470 Å². The molecule has 3 saturated heterocycles. The number of rotatable bonds is 23. The molecule has 28 nitrogen and oxygen atoms in total. The maximum atomic E-state index is 13.9. The van der Waals surface area contributed by atoms with E-state index in [2.05, 4.69) is 41.9 Å². The van der Waals surface area contributed by atoms with Crippen molar-refractivity contribution in [2.24, 2.45) is 5.73 Å². The van der Waals surface area contributed by atoms with Crippen LogP contribution in [0.25, 0.3) is 0 Å². The average molecular weight is 1160 g/mol. The molecule has 1 aromatic rings. The molecule has 4 aliphatic rings. The highest BCUT2D eigenvalue weighted by molar-refractivity contribution is 7.90. The van der Waals surface area contributed by atoms with Gasteiger partial charge in [-0.2, -0.15) is 0 Å². The van der Waals surface area contributed by atoms with Crippen LogP contribution in [0.15, 0.2) is 4.90 Å². The number of carbonyl (C=O) groups is 11. The molecule has 0 spiro atoms. The van der Waals surface area contributed by atoms with Crippen LogP contribution in [-0.2, 0) is 69.2 Å². The maximum Gasteiger partial charge on any atom is 0.326 e. The molecule has 0 aliphatic carbocycles. The number of aliphatic carboxylic acids is 1. The molecule has 12 N–H and O–H groups in total. The van der Waals surface area contributed by atoms with E-state index in [1.807, 2.05) is 13.8 Å². The number of hydrogen-bond acceptors (Lipinski definition) is 16. The third kappa shape index (κ3) is 16.2. The number of hydrogen-bond donors (Lipinski definition) is 11. The highest BCUT2D eigenvalue weighted by atomic mass is 32.2. The normalized spacial score (nSPS) is 20.2. The van der Waals surface area contributed by atoms with Gasteiger partial charge in [-0.3, -0.25) is 53.4 Å². The predicted molar refractivity (Wildman–Crippen MR) is 290 cm³/mol. The monoisotopic (exact) mass is 1160 g/mol. The first-order valence-corrected chi connectivity index (χ1v) is 28.7. The van der Waals surface area contributed by atoms with Gasteiger partial charge >= 0.3 is 5.97 Å². The smallest absolute Gasteiger partial charge is 0.326 e. The molecular weight excluding hydrogens is 1080 g/mol. The number of nitrogens with zero attached hydrogens (tertiary/aromatic N) is 3. The van der Waals surface area contributed by atoms with Crippen LogP contribution in [0.5, 0.6) is 5.75 Å². The fourth-order valence-corrected chi connectivity index (χ4v) is 11.9. The Morgan fingerprint density at radius 1 is 0.691 bits per heavy atom. The average Bonchev–Trinajstić information content (AvgIpc) is 4.25. The second kappa shape index (κ2) is 27.4. The van der Waals surface area contributed by atoms with Gasteiger partial charge in [-0.25, -0.2) is 17.9 Å². The number of likely N-dealkylation sites (tertiary alicyclic amines) is 3. The Balaban J connectivity index is 1.04. The van der Waals surface area contributed by atoms with Crippen molar-refractivity contribution >= 4 is 80.9 Å². The summed E-state index contributed by atoms with van der Waals surface area (Å²) >= 11 is 0. The highest BCUT2D eigenvalue weighted by Gasteiger charge is 2.46. The Bertz CT molecular complexity index is 2790. The number of sulfonamides is 1. The van der Waals surface area contributed by atoms with Crippen molar-refractivity contribution in [1.29, 1.82) is 5.41 Å². The van der Waals surface area contributed by atoms with E-state index in [1.165, 1.54) is 35.5 Å². The number of ether oxygens (including phenoxy) is 1. The first-order chi connectivity index (χ1) is 37.9. The predicted octanol–water partition coefficient (Wildman–Crippen LogP) is -2.50. The third-order valence-electron chi connectivity index (χ3n) is 15.1. The quantitative estimate of drug-likeness (QED) is 0.0234. The second-order valence-corrected chi connectivity index (χ2v) is 23.3. The van der Waals surface area contributed by atoms with E-state index in [4.69, 9.17) is 15.9 Å². The Kier molecular flexibility index (Phi) is 21.7. The number of nitrogens with two attached hydrogens (primary N) is 1. The van der Waals surface area contributed by atoms with E-state index in [1.54, 1.807) is 20.8 Å². The summed E-state index contributed by atoms with van der Waals surface area (Å²) < 4.78 is 35.8. The number of carboxylic acids is 1. The van der Waals surface area contributed by atoms with Gasteiger partial charge in [0.05, 0.1) is 18.0 Å². The lowest BCUT2D eigenvalue weighted by Gasteiger charge is -2.35. The van der Waals surface area contributed by atoms with Crippen molar-refractivity contribution in [2.45, 2.75) is 185 Å². The minimum atomic E-state index is -4.26. The highest BCUT2D eigenvalue weighted by Crippen LogP contribution is 2.42. The zero-order valence-corrected chi connectivity index (χ0v) is 48.2. The Morgan fingerprint density at radius 3 is 1.84 bits per heavy atom. The van der Waals surface area contributed by atoms with Gasteiger partial charge in [0.1, 0.15) is 59.7 Å². The van der Waals surface area contributed by atoms with Crippen LogP contribution < -0.4 is 52.4 Å². The second-order valence-electron chi connectivity index (χ2n) is 21.7. The molecular formula is C52H79N13O15S. The Hall–Kier alpha value is -7.43. The lowest BCUT2D eigenvalue weighted by atomic mass is 9.88. The van der Waals surface area contributed by atoms with E-state index >= 15 is 0 Å². The number of nitrogens with one attached hydrogen (secondary N) is 9. The van der Waals surface area contributed by atoms with E-state index in [9.17, 15) is 66.3 Å². The number of carboxylic acid groups (broad SMARTS) is 1. The molecule has 8 atom stereocenters. The van der Waals surface area contributed by atoms with Gasteiger partial charge in [-0.05, 0) is 149 Å². The molecule has 448 valence electrons. The summed E-state index contributed by atoms with van der Waals surface area (Å²) in [6.45, 7) is 13.6.